The monoisotopic (exact) mass is 299 g/mol. The molecule has 4 heteroatoms. The molecular weight excluding hydrogens is 282 g/mol. The van der Waals surface area contributed by atoms with Crippen LogP contribution in [-0.4, -0.2) is 18.3 Å². The van der Waals surface area contributed by atoms with Crippen LogP contribution >= 0.6 is 15.9 Å². The standard InChI is InChI=1S/C13H18BrNO2/c1-7-6-9(17-3)12(16)11(14)10(7)13(4-5-13)8(2)15/h6,8,16H,4-5,15H2,1-3H3. The number of nitrogens with two attached hydrogens (primary N) is 1. The van der Waals surface area contributed by atoms with E-state index in [-0.39, 0.29) is 17.2 Å². The topological polar surface area (TPSA) is 55.5 Å². The van der Waals surface area contributed by atoms with E-state index < -0.39 is 0 Å². The van der Waals surface area contributed by atoms with E-state index in [4.69, 9.17) is 10.5 Å². The average Bonchev–Trinajstić information content (AvgIpc) is 3.05. The van der Waals surface area contributed by atoms with Gasteiger partial charge in [-0.1, -0.05) is 0 Å². The molecule has 0 bridgehead atoms. The van der Waals surface area contributed by atoms with E-state index in [2.05, 4.69) is 15.9 Å². The zero-order valence-electron chi connectivity index (χ0n) is 10.4. The Kier molecular flexibility index (Phi) is 3.12. The van der Waals surface area contributed by atoms with Crippen LogP contribution in [0.4, 0.5) is 0 Å². The average molecular weight is 300 g/mol. The zero-order valence-corrected chi connectivity index (χ0v) is 12.0. The number of rotatable bonds is 3. The predicted octanol–water partition coefficient (Wildman–Crippen LogP) is 2.85. The first-order chi connectivity index (χ1) is 7.94. The van der Waals surface area contributed by atoms with Gasteiger partial charge in [-0.2, -0.15) is 0 Å². The fourth-order valence-corrected chi connectivity index (χ4v) is 3.47. The lowest BCUT2D eigenvalue weighted by Crippen LogP contribution is -2.32. The number of phenolic OH excluding ortho intramolecular Hbond substituents is 1. The van der Waals surface area contributed by atoms with Crippen molar-refractivity contribution in [1.29, 1.82) is 0 Å². The SMILES string of the molecule is COc1cc(C)c(C2(C(C)N)CC2)c(Br)c1O. The number of aromatic hydroxyl groups is 1. The van der Waals surface area contributed by atoms with E-state index in [1.54, 1.807) is 7.11 Å². The smallest absolute Gasteiger partial charge is 0.172 e. The van der Waals surface area contributed by atoms with Crippen LogP contribution in [0.1, 0.15) is 30.9 Å². The van der Waals surface area contributed by atoms with Gasteiger partial charge < -0.3 is 15.6 Å². The molecular formula is C13H18BrNO2. The Hall–Kier alpha value is -0.740. The summed E-state index contributed by atoms with van der Waals surface area (Å²) in [5.74, 6) is 0.665. The third-order valence-corrected chi connectivity index (χ3v) is 4.55. The number of ether oxygens (including phenoxy) is 1. The van der Waals surface area contributed by atoms with Gasteiger partial charge in [0.25, 0.3) is 0 Å². The molecule has 0 radical (unpaired) electrons. The second kappa shape index (κ2) is 4.18. The number of methoxy groups -OCH3 is 1. The molecule has 3 N–H and O–H groups in total. The molecule has 0 saturated heterocycles. The summed E-state index contributed by atoms with van der Waals surface area (Å²) in [5.41, 5.74) is 8.35. The number of halogens is 1. The van der Waals surface area contributed by atoms with Gasteiger partial charge in [0.2, 0.25) is 0 Å². The summed E-state index contributed by atoms with van der Waals surface area (Å²) in [4.78, 5) is 0. The molecule has 1 aliphatic carbocycles. The molecule has 1 atom stereocenters. The highest BCUT2D eigenvalue weighted by Gasteiger charge is 2.49. The first-order valence-electron chi connectivity index (χ1n) is 5.76. The van der Waals surface area contributed by atoms with Crippen molar-refractivity contribution in [2.24, 2.45) is 5.73 Å². The third-order valence-electron chi connectivity index (χ3n) is 3.78. The molecule has 3 nitrogen and oxygen atoms in total. The van der Waals surface area contributed by atoms with Gasteiger partial charge in [0, 0.05) is 11.5 Å². The zero-order chi connectivity index (χ0) is 12.8. The maximum absolute atomic E-state index is 10.1. The van der Waals surface area contributed by atoms with Gasteiger partial charge in [-0.15, -0.1) is 0 Å². The van der Waals surface area contributed by atoms with Crippen LogP contribution in [0.15, 0.2) is 10.5 Å². The second-order valence-electron chi connectivity index (χ2n) is 4.88. The summed E-state index contributed by atoms with van der Waals surface area (Å²) in [5, 5.41) is 10.1. The van der Waals surface area contributed by atoms with Crippen molar-refractivity contribution in [2.75, 3.05) is 7.11 Å². The largest absolute Gasteiger partial charge is 0.503 e. The van der Waals surface area contributed by atoms with Crippen molar-refractivity contribution >= 4 is 15.9 Å². The third kappa shape index (κ3) is 1.83. The Morgan fingerprint density at radius 3 is 2.53 bits per heavy atom. The number of hydrogen-bond donors (Lipinski definition) is 2. The van der Waals surface area contributed by atoms with Crippen LogP contribution in [0.2, 0.25) is 0 Å². The minimum atomic E-state index is 0.0205. The number of benzene rings is 1. The molecule has 94 valence electrons. The summed E-state index contributed by atoms with van der Waals surface area (Å²) in [6.07, 6.45) is 2.16. The lowest BCUT2D eigenvalue weighted by Gasteiger charge is -2.25. The van der Waals surface area contributed by atoms with E-state index in [0.29, 0.717) is 5.75 Å². The van der Waals surface area contributed by atoms with Gasteiger partial charge in [-0.25, -0.2) is 0 Å². The van der Waals surface area contributed by atoms with Crippen LogP contribution in [-0.2, 0) is 5.41 Å². The molecule has 1 saturated carbocycles. The van der Waals surface area contributed by atoms with Crippen LogP contribution in [0.25, 0.3) is 0 Å². The van der Waals surface area contributed by atoms with E-state index in [1.807, 2.05) is 19.9 Å². The van der Waals surface area contributed by atoms with Crippen LogP contribution in [0.3, 0.4) is 0 Å². The normalized spacial score (nSPS) is 18.9. The molecule has 17 heavy (non-hydrogen) atoms. The van der Waals surface area contributed by atoms with Crippen molar-refractivity contribution < 1.29 is 9.84 Å². The van der Waals surface area contributed by atoms with Crippen molar-refractivity contribution in [1.82, 2.24) is 0 Å². The molecule has 0 heterocycles. The Morgan fingerprint density at radius 2 is 2.12 bits per heavy atom. The molecule has 0 aromatic heterocycles. The van der Waals surface area contributed by atoms with E-state index in [0.717, 1.165) is 28.4 Å². The minimum Gasteiger partial charge on any atom is -0.503 e. The lowest BCUT2D eigenvalue weighted by molar-refractivity contribution is 0.370. The van der Waals surface area contributed by atoms with Gasteiger partial charge in [0.05, 0.1) is 11.6 Å². The Bertz CT molecular complexity index is 453. The molecule has 0 amide bonds. The van der Waals surface area contributed by atoms with E-state index >= 15 is 0 Å². The predicted molar refractivity (Wildman–Crippen MR) is 71.7 cm³/mol. The number of phenols is 1. The molecule has 1 unspecified atom stereocenters. The summed E-state index contributed by atoms with van der Waals surface area (Å²) >= 11 is 3.48. The van der Waals surface area contributed by atoms with Crippen LogP contribution in [0.5, 0.6) is 11.5 Å². The Labute approximate surface area is 110 Å². The van der Waals surface area contributed by atoms with Crippen molar-refractivity contribution in [3.63, 3.8) is 0 Å². The van der Waals surface area contributed by atoms with Crippen molar-refractivity contribution in [3.8, 4) is 11.5 Å². The fraction of sp³-hybridized carbons (Fsp3) is 0.538. The van der Waals surface area contributed by atoms with Gasteiger partial charge in [-0.3, -0.25) is 0 Å². The molecule has 0 aliphatic heterocycles. The summed E-state index contributed by atoms with van der Waals surface area (Å²) in [7, 11) is 1.55. The van der Waals surface area contributed by atoms with Gasteiger partial charge in [-0.05, 0) is 59.8 Å². The molecule has 1 aromatic carbocycles. The van der Waals surface area contributed by atoms with Crippen molar-refractivity contribution in [2.45, 2.75) is 38.1 Å². The summed E-state index contributed by atoms with van der Waals surface area (Å²) < 4.78 is 5.87. The van der Waals surface area contributed by atoms with Gasteiger partial charge in [0.1, 0.15) is 0 Å². The first kappa shape index (κ1) is 12.7. The maximum atomic E-state index is 10.1. The number of aryl methyl sites for hydroxylation is 1. The van der Waals surface area contributed by atoms with E-state index in [1.165, 1.54) is 0 Å². The Morgan fingerprint density at radius 1 is 1.53 bits per heavy atom. The summed E-state index contributed by atoms with van der Waals surface area (Å²) in [6, 6.07) is 1.96. The highest BCUT2D eigenvalue weighted by atomic mass is 79.9. The van der Waals surface area contributed by atoms with Gasteiger partial charge in [0.15, 0.2) is 11.5 Å². The van der Waals surface area contributed by atoms with Crippen LogP contribution < -0.4 is 10.5 Å². The molecule has 1 aromatic rings. The first-order valence-corrected chi connectivity index (χ1v) is 6.55. The molecule has 1 fully saturated rings. The fourth-order valence-electron chi connectivity index (χ4n) is 2.57. The maximum Gasteiger partial charge on any atom is 0.172 e. The van der Waals surface area contributed by atoms with Crippen molar-refractivity contribution in [3.05, 3.63) is 21.7 Å². The molecule has 0 spiro atoms. The lowest BCUT2D eigenvalue weighted by atomic mass is 9.86. The highest BCUT2D eigenvalue weighted by Crippen LogP contribution is 2.56. The minimum absolute atomic E-state index is 0.0205. The molecule has 1 aliphatic rings. The van der Waals surface area contributed by atoms with Crippen LogP contribution in [0, 0.1) is 6.92 Å². The molecule has 2 rings (SSSR count). The van der Waals surface area contributed by atoms with E-state index in [9.17, 15) is 5.11 Å². The quantitative estimate of drug-likeness (QED) is 0.902. The van der Waals surface area contributed by atoms with Gasteiger partial charge >= 0.3 is 0 Å². The highest BCUT2D eigenvalue weighted by molar-refractivity contribution is 9.10. The summed E-state index contributed by atoms with van der Waals surface area (Å²) in [6.45, 7) is 4.06. The number of hydrogen-bond acceptors (Lipinski definition) is 3. The Balaban J connectivity index is 2.60. The second-order valence-corrected chi connectivity index (χ2v) is 5.67.